The molecule has 144 valence electrons. The maximum absolute atomic E-state index is 6.04. The highest BCUT2D eigenvalue weighted by Crippen LogP contribution is 2.22. The zero-order valence-electron chi connectivity index (χ0n) is 16.0. The average molecular weight is 418 g/mol. The molecule has 0 saturated carbocycles. The Bertz CT molecular complexity index is 1170. The Kier molecular flexibility index (Phi) is 6.03. The highest BCUT2D eigenvalue weighted by atomic mass is 35.5. The SMILES string of the molecule is CCN=c1scc(-c2ccc(Cl)cc2)n1N=Cc1ccc(-c2ccccc2)cc1. The lowest BCUT2D eigenvalue weighted by atomic mass is 10.0. The smallest absolute Gasteiger partial charge is 0.206 e. The summed E-state index contributed by atoms with van der Waals surface area (Å²) >= 11 is 7.62. The summed E-state index contributed by atoms with van der Waals surface area (Å²) in [5, 5.41) is 7.53. The van der Waals surface area contributed by atoms with Gasteiger partial charge in [0.15, 0.2) is 0 Å². The Labute approximate surface area is 179 Å². The van der Waals surface area contributed by atoms with Gasteiger partial charge < -0.3 is 0 Å². The van der Waals surface area contributed by atoms with E-state index in [-0.39, 0.29) is 0 Å². The zero-order valence-corrected chi connectivity index (χ0v) is 17.6. The maximum Gasteiger partial charge on any atom is 0.206 e. The van der Waals surface area contributed by atoms with Crippen molar-refractivity contribution < 1.29 is 0 Å². The first-order chi connectivity index (χ1) is 14.2. The van der Waals surface area contributed by atoms with Crippen LogP contribution in [0.3, 0.4) is 0 Å². The second-order valence-electron chi connectivity index (χ2n) is 6.43. The van der Waals surface area contributed by atoms with Gasteiger partial charge in [0.25, 0.3) is 0 Å². The molecule has 29 heavy (non-hydrogen) atoms. The summed E-state index contributed by atoms with van der Waals surface area (Å²) in [5.41, 5.74) is 5.48. The number of rotatable bonds is 5. The van der Waals surface area contributed by atoms with Crippen molar-refractivity contribution >= 4 is 29.2 Å². The van der Waals surface area contributed by atoms with Crippen LogP contribution in [0.15, 0.2) is 94.3 Å². The monoisotopic (exact) mass is 417 g/mol. The summed E-state index contributed by atoms with van der Waals surface area (Å²) in [5.74, 6) is 0. The Morgan fingerprint density at radius 1 is 0.862 bits per heavy atom. The molecule has 3 nitrogen and oxygen atoms in total. The van der Waals surface area contributed by atoms with Crippen LogP contribution < -0.4 is 4.80 Å². The van der Waals surface area contributed by atoms with E-state index in [2.05, 4.69) is 58.9 Å². The largest absolute Gasteiger partial charge is 0.258 e. The summed E-state index contributed by atoms with van der Waals surface area (Å²) < 4.78 is 1.89. The second kappa shape index (κ2) is 9.03. The predicted octanol–water partition coefficient (Wildman–Crippen LogP) is 6.34. The van der Waals surface area contributed by atoms with Crippen LogP contribution in [0.25, 0.3) is 22.4 Å². The van der Waals surface area contributed by atoms with Crippen molar-refractivity contribution in [2.45, 2.75) is 6.92 Å². The van der Waals surface area contributed by atoms with Crippen molar-refractivity contribution in [3.05, 3.63) is 99.6 Å². The fourth-order valence-corrected chi connectivity index (χ4v) is 4.02. The van der Waals surface area contributed by atoms with Crippen molar-refractivity contribution in [2.24, 2.45) is 10.1 Å². The van der Waals surface area contributed by atoms with Gasteiger partial charge in [-0.3, -0.25) is 4.99 Å². The van der Waals surface area contributed by atoms with Gasteiger partial charge >= 0.3 is 0 Å². The molecule has 0 amide bonds. The first kappa shape index (κ1) is 19.4. The van der Waals surface area contributed by atoms with Crippen LogP contribution in [-0.4, -0.2) is 17.4 Å². The number of hydrogen-bond acceptors (Lipinski definition) is 3. The van der Waals surface area contributed by atoms with Crippen LogP contribution in [0.5, 0.6) is 0 Å². The van der Waals surface area contributed by atoms with Gasteiger partial charge in [-0.15, -0.1) is 11.3 Å². The van der Waals surface area contributed by atoms with E-state index in [0.717, 1.165) is 26.6 Å². The van der Waals surface area contributed by atoms with E-state index in [1.54, 1.807) is 11.3 Å². The first-order valence-corrected chi connectivity index (χ1v) is 10.7. The second-order valence-corrected chi connectivity index (χ2v) is 7.70. The van der Waals surface area contributed by atoms with Gasteiger partial charge in [0.1, 0.15) is 0 Å². The first-order valence-electron chi connectivity index (χ1n) is 9.41. The number of aromatic nitrogens is 1. The van der Waals surface area contributed by atoms with E-state index >= 15 is 0 Å². The quantitative estimate of drug-likeness (QED) is 0.339. The third-order valence-electron chi connectivity index (χ3n) is 4.46. The van der Waals surface area contributed by atoms with Crippen molar-refractivity contribution in [1.29, 1.82) is 0 Å². The molecule has 0 unspecified atom stereocenters. The van der Waals surface area contributed by atoms with Crippen LogP contribution in [-0.2, 0) is 0 Å². The molecule has 1 aromatic heterocycles. The molecule has 0 N–H and O–H groups in total. The molecule has 0 atom stereocenters. The molecule has 0 saturated heterocycles. The van der Waals surface area contributed by atoms with Gasteiger partial charge in [-0.05, 0) is 35.7 Å². The molecule has 5 heteroatoms. The third kappa shape index (κ3) is 4.56. The van der Waals surface area contributed by atoms with E-state index < -0.39 is 0 Å². The van der Waals surface area contributed by atoms with E-state index in [4.69, 9.17) is 16.7 Å². The molecule has 0 aliphatic carbocycles. The Balaban J connectivity index is 1.66. The van der Waals surface area contributed by atoms with Crippen molar-refractivity contribution in [2.75, 3.05) is 6.54 Å². The van der Waals surface area contributed by atoms with Crippen molar-refractivity contribution in [1.82, 2.24) is 4.68 Å². The number of benzene rings is 3. The van der Waals surface area contributed by atoms with Crippen LogP contribution in [0.4, 0.5) is 0 Å². The molecule has 4 aromatic rings. The van der Waals surface area contributed by atoms with Gasteiger partial charge in [0.2, 0.25) is 4.80 Å². The van der Waals surface area contributed by atoms with E-state index in [9.17, 15) is 0 Å². The Morgan fingerprint density at radius 2 is 1.52 bits per heavy atom. The Morgan fingerprint density at radius 3 is 2.21 bits per heavy atom. The van der Waals surface area contributed by atoms with E-state index in [1.165, 1.54) is 11.1 Å². The summed E-state index contributed by atoms with van der Waals surface area (Å²) in [4.78, 5) is 5.45. The molecule has 4 rings (SSSR count). The van der Waals surface area contributed by atoms with Crippen LogP contribution >= 0.6 is 22.9 Å². The lowest BCUT2D eigenvalue weighted by Crippen LogP contribution is -2.12. The van der Waals surface area contributed by atoms with Gasteiger partial charge in [-0.2, -0.15) is 5.10 Å². The highest BCUT2D eigenvalue weighted by Gasteiger charge is 2.07. The zero-order chi connectivity index (χ0) is 20.1. The van der Waals surface area contributed by atoms with Crippen LogP contribution in [0.1, 0.15) is 12.5 Å². The number of thiazole rings is 1. The molecule has 0 aliphatic heterocycles. The minimum absolute atomic E-state index is 0.710. The molecule has 3 aromatic carbocycles. The molecule has 0 radical (unpaired) electrons. The molecular weight excluding hydrogens is 398 g/mol. The van der Waals surface area contributed by atoms with Crippen LogP contribution in [0, 0.1) is 0 Å². The average Bonchev–Trinajstić information content (AvgIpc) is 3.16. The van der Waals surface area contributed by atoms with E-state index in [0.29, 0.717) is 6.54 Å². The fourth-order valence-electron chi connectivity index (χ4n) is 2.99. The number of halogens is 1. The maximum atomic E-state index is 6.04. The molecule has 0 fully saturated rings. The standard InChI is InChI=1S/C24H20ClN3S/c1-2-26-24-28(23(17-29-24)21-12-14-22(25)15-13-21)27-16-18-8-10-20(11-9-18)19-6-4-3-5-7-19/h3-17H,2H2,1H3. The normalized spacial score (nSPS) is 12.0. The van der Waals surface area contributed by atoms with Gasteiger partial charge in [-0.25, -0.2) is 4.68 Å². The minimum atomic E-state index is 0.710. The van der Waals surface area contributed by atoms with Crippen molar-refractivity contribution in [3.63, 3.8) is 0 Å². The lowest BCUT2D eigenvalue weighted by Gasteiger charge is -2.04. The molecule has 0 spiro atoms. The van der Waals surface area contributed by atoms with Gasteiger partial charge in [0, 0.05) is 22.5 Å². The van der Waals surface area contributed by atoms with Gasteiger partial charge in [0.05, 0.1) is 11.9 Å². The lowest BCUT2D eigenvalue weighted by molar-refractivity contribution is 0.833. The summed E-state index contributed by atoms with van der Waals surface area (Å²) in [6, 6.07) is 26.5. The number of hydrogen-bond donors (Lipinski definition) is 0. The Hall–Kier alpha value is -2.95. The van der Waals surface area contributed by atoms with Crippen LogP contribution in [0.2, 0.25) is 5.02 Å². The third-order valence-corrected chi connectivity index (χ3v) is 5.56. The topological polar surface area (TPSA) is 29.6 Å². The van der Waals surface area contributed by atoms with Crippen molar-refractivity contribution in [3.8, 4) is 22.4 Å². The van der Waals surface area contributed by atoms with Gasteiger partial charge in [-0.1, -0.05) is 78.3 Å². The minimum Gasteiger partial charge on any atom is -0.258 e. The molecular formula is C24H20ClN3S. The predicted molar refractivity (Wildman–Crippen MR) is 124 cm³/mol. The van der Waals surface area contributed by atoms with E-state index in [1.807, 2.05) is 48.1 Å². The summed E-state index contributed by atoms with van der Waals surface area (Å²) in [7, 11) is 0. The molecule has 0 bridgehead atoms. The molecule has 0 aliphatic rings. The summed E-state index contributed by atoms with van der Waals surface area (Å²) in [6.45, 7) is 2.74. The highest BCUT2D eigenvalue weighted by molar-refractivity contribution is 7.07. The summed E-state index contributed by atoms with van der Waals surface area (Å²) in [6.07, 6.45) is 1.87. The molecule has 1 heterocycles. The fraction of sp³-hybridized carbons (Fsp3) is 0.0833. The number of nitrogens with zero attached hydrogens (tertiary/aromatic N) is 3.